The minimum absolute atomic E-state index is 0.435. The van der Waals surface area contributed by atoms with Crippen molar-refractivity contribution < 1.29 is 0 Å². The summed E-state index contributed by atoms with van der Waals surface area (Å²) in [4.78, 5) is 2.40. The molecule has 1 aliphatic carbocycles. The number of hydrogen-bond donors (Lipinski definition) is 0. The standard InChI is InChI=1S/C21H21N3/c1-23(20-11-6-8-16-7-2-3-9-18(16)20)14-17-15-24-12-5-4-10-21(24)19(17)13-22/h2-5,7,9-10,12,15,20H,6,8,11,14H2,1H3. The predicted molar refractivity (Wildman–Crippen MR) is 95.7 cm³/mol. The van der Waals surface area contributed by atoms with E-state index in [-0.39, 0.29) is 0 Å². The van der Waals surface area contributed by atoms with E-state index >= 15 is 0 Å². The highest BCUT2D eigenvalue weighted by atomic mass is 15.1. The summed E-state index contributed by atoms with van der Waals surface area (Å²) in [7, 11) is 2.18. The molecule has 0 radical (unpaired) electrons. The molecular weight excluding hydrogens is 294 g/mol. The van der Waals surface area contributed by atoms with E-state index in [0.29, 0.717) is 6.04 Å². The van der Waals surface area contributed by atoms with Gasteiger partial charge in [-0.2, -0.15) is 5.26 Å². The van der Waals surface area contributed by atoms with Crippen molar-refractivity contribution in [3.63, 3.8) is 0 Å². The molecule has 1 aliphatic rings. The Labute approximate surface area is 142 Å². The molecule has 120 valence electrons. The first-order valence-corrected chi connectivity index (χ1v) is 8.54. The molecular formula is C21H21N3. The third-order valence-corrected chi connectivity index (χ3v) is 5.16. The second kappa shape index (κ2) is 6.14. The minimum atomic E-state index is 0.435. The molecule has 1 unspecified atom stereocenters. The van der Waals surface area contributed by atoms with Gasteiger partial charge in [-0.25, -0.2) is 0 Å². The number of rotatable bonds is 3. The summed E-state index contributed by atoms with van der Waals surface area (Å²) in [5, 5.41) is 9.60. The molecule has 3 aromatic rings. The first kappa shape index (κ1) is 15.0. The summed E-state index contributed by atoms with van der Waals surface area (Å²) in [6, 6.07) is 17.6. The van der Waals surface area contributed by atoms with Gasteiger partial charge in [-0.15, -0.1) is 0 Å². The van der Waals surface area contributed by atoms with Crippen molar-refractivity contribution in [3.05, 3.63) is 77.1 Å². The van der Waals surface area contributed by atoms with Crippen LogP contribution in [0.1, 0.15) is 41.1 Å². The van der Waals surface area contributed by atoms with E-state index in [9.17, 15) is 5.26 Å². The Hall–Kier alpha value is -2.57. The van der Waals surface area contributed by atoms with Crippen molar-refractivity contribution >= 4 is 5.52 Å². The molecule has 3 heteroatoms. The quantitative estimate of drug-likeness (QED) is 0.721. The molecule has 2 heterocycles. The first-order valence-electron chi connectivity index (χ1n) is 8.54. The van der Waals surface area contributed by atoms with Crippen LogP contribution in [0, 0.1) is 11.3 Å². The van der Waals surface area contributed by atoms with Crippen molar-refractivity contribution in [2.24, 2.45) is 0 Å². The molecule has 0 N–H and O–H groups in total. The Morgan fingerprint density at radius 1 is 1.21 bits per heavy atom. The van der Waals surface area contributed by atoms with E-state index in [4.69, 9.17) is 0 Å². The second-order valence-electron chi connectivity index (χ2n) is 6.66. The third kappa shape index (κ3) is 2.50. The number of aryl methyl sites for hydroxylation is 1. The largest absolute Gasteiger partial charge is 0.322 e. The molecule has 0 spiro atoms. The van der Waals surface area contributed by atoms with Crippen LogP contribution >= 0.6 is 0 Å². The summed E-state index contributed by atoms with van der Waals surface area (Å²) in [6.07, 6.45) is 7.70. The molecule has 0 saturated carbocycles. The zero-order valence-electron chi connectivity index (χ0n) is 13.9. The molecule has 24 heavy (non-hydrogen) atoms. The van der Waals surface area contributed by atoms with Gasteiger partial charge in [0, 0.05) is 30.5 Å². The first-order chi connectivity index (χ1) is 11.8. The van der Waals surface area contributed by atoms with E-state index in [1.165, 1.54) is 30.4 Å². The van der Waals surface area contributed by atoms with E-state index in [0.717, 1.165) is 23.2 Å². The Balaban J connectivity index is 1.66. The van der Waals surface area contributed by atoms with Crippen molar-refractivity contribution in [2.75, 3.05) is 7.05 Å². The van der Waals surface area contributed by atoms with Gasteiger partial charge in [0.05, 0.1) is 11.1 Å². The van der Waals surface area contributed by atoms with Crippen LogP contribution in [0.25, 0.3) is 5.52 Å². The summed E-state index contributed by atoms with van der Waals surface area (Å²) in [5.41, 5.74) is 5.82. The van der Waals surface area contributed by atoms with Crippen molar-refractivity contribution in [1.29, 1.82) is 5.26 Å². The lowest BCUT2D eigenvalue weighted by atomic mass is 9.87. The maximum absolute atomic E-state index is 9.60. The van der Waals surface area contributed by atoms with E-state index in [2.05, 4.69) is 52.9 Å². The van der Waals surface area contributed by atoms with Gasteiger partial charge >= 0.3 is 0 Å². The lowest BCUT2D eigenvalue weighted by Gasteiger charge is -2.33. The van der Waals surface area contributed by atoms with Crippen LogP contribution in [-0.2, 0) is 13.0 Å². The maximum atomic E-state index is 9.60. The maximum Gasteiger partial charge on any atom is 0.102 e. The molecule has 1 aromatic carbocycles. The van der Waals surface area contributed by atoms with E-state index in [1.54, 1.807) is 0 Å². The lowest BCUT2D eigenvalue weighted by molar-refractivity contribution is 0.213. The minimum Gasteiger partial charge on any atom is -0.322 e. The van der Waals surface area contributed by atoms with Crippen LogP contribution < -0.4 is 0 Å². The summed E-state index contributed by atoms with van der Waals surface area (Å²) < 4.78 is 2.05. The molecule has 4 rings (SSSR count). The molecule has 0 saturated heterocycles. The van der Waals surface area contributed by atoms with Crippen LogP contribution in [0.2, 0.25) is 0 Å². The number of benzene rings is 1. The molecule has 2 aromatic heterocycles. The van der Waals surface area contributed by atoms with Crippen LogP contribution in [0.3, 0.4) is 0 Å². The van der Waals surface area contributed by atoms with Gasteiger partial charge in [0.2, 0.25) is 0 Å². The molecule has 0 fully saturated rings. The van der Waals surface area contributed by atoms with Crippen molar-refractivity contribution in [3.8, 4) is 6.07 Å². The zero-order valence-corrected chi connectivity index (χ0v) is 13.9. The van der Waals surface area contributed by atoms with Gasteiger partial charge in [0.1, 0.15) is 6.07 Å². The van der Waals surface area contributed by atoms with Gasteiger partial charge < -0.3 is 4.40 Å². The SMILES string of the molecule is CN(Cc1cn2ccccc2c1C#N)C1CCCc2ccccc21. The monoisotopic (exact) mass is 315 g/mol. The number of pyridine rings is 1. The van der Waals surface area contributed by atoms with E-state index in [1.807, 2.05) is 24.4 Å². The molecule has 0 bridgehead atoms. The molecule has 3 nitrogen and oxygen atoms in total. The average molecular weight is 315 g/mol. The zero-order chi connectivity index (χ0) is 16.5. The normalized spacial score (nSPS) is 17.0. The van der Waals surface area contributed by atoms with E-state index < -0.39 is 0 Å². The van der Waals surface area contributed by atoms with Crippen LogP contribution in [0.4, 0.5) is 0 Å². The average Bonchev–Trinajstić information content (AvgIpc) is 2.98. The molecule has 0 amide bonds. The third-order valence-electron chi connectivity index (χ3n) is 5.16. The van der Waals surface area contributed by atoms with Gasteiger partial charge in [-0.3, -0.25) is 4.90 Å². The highest BCUT2D eigenvalue weighted by molar-refractivity contribution is 5.65. The Morgan fingerprint density at radius 2 is 2.04 bits per heavy atom. The number of fused-ring (bicyclic) bond motifs is 2. The van der Waals surface area contributed by atoms with Crippen molar-refractivity contribution in [1.82, 2.24) is 9.30 Å². The van der Waals surface area contributed by atoms with Crippen molar-refractivity contribution in [2.45, 2.75) is 31.8 Å². The Kier molecular flexibility index (Phi) is 3.84. The topological polar surface area (TPSA) is 31.4 Å². The highest BCUT2D eigenvalue weighted by Gasteiger charge is 2.24. The predicted octanol–water partition coefficient (Wildman–Crippen LogP) is 4.32. The summed E-state index contributed by atoms with van der Waals surface area (Å²) in [6.45, 7) is 0.795. The van der Waals surface area contributed by atoms with Gasteiger partial charge in [-0.05, 0) is 49.6 Å². The fraction of sp³-hybridized carbons (Fsp3) is 0.286. The smallest absolute Gasteiger partial charge is 0.102 e. The highest BCUT2D eigenvalue weighted by Crippen LogP contribution is 2.34. The Morgan fingerprint density at radius 3 is 2.92 bits per heavy atom. The number of nitrogens with zero attached hydrogens (tertiary/aromatic N) is 3. The number of hydrogen-bond acceptors (Lipinski definition) is 2. The fourth-order valence-corrected chi connectivity index (χ4v) is 3.99. The van der Waals surface area contributed by atoms with Gasteiger partial charge in [0.15, 0.2) is 0 Å². The fourth-order valence-electron chi connectivity index (χ4n) is 3.99. The van der Waals surface area contributed by atoms with Crippen LogP contribution in [0.5, 0.6) is 0 Å². The number of nitriles is 1. The Bertz CT molecular complexity index is 916. The summed E-state index contributed by atoms with van der Waals surface area (Å²) >= 11 is 0. The van der Waals surface area contributed by atoms with Gasteiger partial charge in [-0.1, -0.05) is 30.3 Å². The van der Waals surface area contributed by atoms with Gasteiger partial charge in [0.25, 0.3) is 0 Å². The molecule has 0 aliphatic heterocycles. The van der Waals surface area contributed by atoms with Crippen LogP contribution in [0.15, 0.2) is 54.9 Å². The molecule has 1 atom stereocenters. The summed E-state index contributed by atoms with van der Waals surface area (Å²) in [5.74, 6) is 0. The number of aromatic nitrogens is 1. The second-order valence-corrected chi connectivity index (χ2v) is 6.66. The lowest BCUT2D eigenvalue weighted by Crippen LogP contribution is -2.27. The van der Waals surface area contributed by atoms with Crippen LogP contribution in [-0.4, -0.2) is 16.3 Å².